The molecule has 0 bridgehead atoms. The lowest BCUT2D eigenvalue weighted by Gasteiger charge is -2.36. The maximum absolute atomic E-state index is 5.12. The van der Waals surface area contributed by atoms with E-state index in [2.05, 4.69) is 35.6 Å². The minimum atomic E-state index is 0.391. The maximum atomic E-state index is 5.12. The Morgan fingerprint density at radius 3 is 2.95 bits per heavy atom. The third kappa shape index (κ3) is 3.33. The zero-order valence-electron chi connectivity index (χ0n) is 14.0. The topological polar surface area (TPSA) is 31.9 Å². The molecule has 1 N–H and O–H groups in total. The summed E-state index contributed by atoms with van der Waals surface area (Å²) in [7, 11) is 0. The largest absolute Gasteiger partial charge is 0.334 e. The van der Waals surface area contributed by atoms with Crippen LogP contribution in [0.2, 0.25) is 0 Å². The molecule has 0 spiro atoms. The van der Waals surface area contributed by atoms with E-state index >= 15 is 0 Å². The van der Waals surface area contributed by atoms with Crippen LogP contribution in [0.5, 0.6) is 0 Å². The first kappa shape index (κ1) is 15.9. The molecule has 22 heavy (non-hydrogen) atoms. The van der Waals surface area contributed by atoms with Crippen molar-refractivity contribution in [1.82, 2.24) is 14.9 Å². The predicted molar refractivity (Wildman–Crippen MR) is 93.4 cm³/mol. The summed E-state index contributed by atoms with van der Waals surface area (Å²) in [4.78, 5) is 10.0. The van der Waals surface area contributed by atoms with Crippen LogP contribution in [-0.4, -0.2) is 28.0 Å². The summed E-state index contributed by atoms with van der Waals surface area (Å²) in [5.74, 6) is 0. The van der Waals surface area contributed by atoms with Crippen LogP contribution in [0, 0.1) is 10.2 Å². The summed E-state index contributed by atoms with van der Waals surface area (Å²) >= 11 is 5.12. The van der Waals surface area contributed by atoms with Crippen molar-refractivity contribution in [3.8, 4) is 0 Å². The number of hydrogen-bond acceptors (Lipinski definition) is 3. The number of H-pyrrole nitrogens is 1. The molecule has 3 nitrogen and oxygen atoms in total. The van der Waals surface area contributed by atoms with Gasteiger partial charge >= 0.3 is 0 Å². The monoisotopic (exact) mass is 317 g/mol. The van der Waals surface area contributed by atoms with Crippen molar-refractivity contribution in [2.45, 2.75) is 59.4 Å². The molecule has 0 fully saturated rings. The van der Waals surface area contributed by atoms with Crippen molar-refractivity contribution >= 4 is 12.2 Å². The molecule has 120 valence electrons. The van der Waals surface area contributed by atoms with Gasteiger partial charge in [0, 0.05) is 43.5 Å². The predicted octanol–water partition coefficient (Wildman–Crippen LogP) is 4.41. The number of aromatic amines is 1. The highest BCUT2D eigenvalue weighted by atomic mass is 32.1. The zero-order chi connectivity index (χ0) is 15.7. The van der Waals surface area contributed by atoms with Gasteiger partial charge in [-0.3, -0.25) is 4.90 Å². The van der Waals surface area contributed by atoms with Crippen LogP contribution in [-0.2, 0) is 13.0 Å². The highest BCUT2D eigenvalue weighted by molar-refractivity contribution is 7.71. The molecule has 0 aromatic carbocycles. The summed E-state index contributed by atoms with van der Waals surface area (Å²) in [5.41, 5.74) is 6.33. The lowest BCUT2D eigenvalue weighted by molar-refractivity contribution is 0.242. The average molecular weight is 318 g/mol. The second-order valence-corrected chi connectivity index (χ2v) is 7.85. The molecule has 1 aliphatic heterocycles. The van der Waals surface area contributed by atoms with Gasteiger partial charge in [0.2, 0.25) is 0 Å². The summed E-state index contributed by atoms with van der Waals surface area (Å²) in [6, 6.07) is 0. The Morgan fingerprint density at radius 2 is 2.18 bits per heavy atom. The number of fused-ring (bicyclic) bond motifs is 1. The fraction of sp³-hybridized carbons (Fsp3) is 0.667. The molecule has 2 aliphatic rings. The van der Waals surface area contributed by atoms with E-state index in [1.54, 1.807) is 11.1 Å². The molecule has 0 atom stereocenters. The first-order valence-electron chi connectivity index (χ1n) is 8.44. The molecule has 1 aromatic heterocycles. The molecule has 3 rings (SSSR count). The van der Waals surface area contributed by atoms with Crippen LogP contribution in [0.25, 0.3) is 0 Å². The van der Waals surface area contributed by atoms with Crippen LogP contribution < -0.4 is 0 Å². The summed E-state index contributed by atoms with van der Waals surface area (Å²) < 4.78 is 0.608. The summed E-state index contributed by atoms with van der Waals surface area (Å²) in [6.45, 7) is 10.5. The fourth-order valence-corrected chi connectivity index (χ4v) is 4.27. The lowest BCUT2D eigenvalue weighted by Crippen LogP contribution is -2.33. The van der Waals surface area contributed by atoms with E-state index in [-0.39, 0.29) is 0 Å². The molecule has 4 heteroatoms. The van der Waals surface area contributed by atoms with Crippen LogP contribution in [0.1, 0.15) is 57.7 Å². The van der Waals surface area contributed by atoms with Crippen molar-refractivity contribution in [2.24, 2.45) is 5.41 Å². The third-order valence-electron chi connectivity index (χ3n) is 5.42. The van der Waals surface area contributed by atoms with Gasteiger partial charge in [-0.05, 0) is 50.2 Å². The number of aromatic nitrogens is 2. The molecule has 0 amide bonds. The van der Waals surface area contributed by atoms with Gasteiger partial charge in [-0.2, -0.15) is 0 Å². The minimum Gasteiger partial charge on any atom is -0.334 e. The molecule has 0 saturated heterocycles. The normalized spacial score (nSPS) is 21.8. The quantitative estimate of drug-likeness (QED) is 0.662. The van der Waals surface area contributed by atoms with Crippen LogP contribution >= 0.6 is 12.2 Å². The van der Waals surface area contributed by atoms with Crippen molar-refractivity contribution in [2.75, 3.05) is 13.1 Å². The maximum Gasteiger partial charge on any atom is 0.196 e. The molecule has 2 heterocycles. The first-order valence-corrected chi connectivity index (χ1v) is 8.85. The second kappa shape index (κ2) is 6.25. The average Bonchev–Trinajstić information content (AvgIpc) is 2.46. The Hall–Kier alpha value is -1.00. The first-order chi connectivity index (χ1) is 10.5. The molecule has 1 aliphatic carbocycles. The number of rotatable bonds is 3. The molecular formula is C18H27N3S. The summed E-state index contributed by atoms with van der Waals surface area (Å²) in [6.07, 6.45) is 8.21. The number of hydrogen-bond donors (Lipinski definition) is 1. The third-order valence-corrected chi connectivity index (χ3v) is 5.63. The van der Waals surface area contributed by atoms with E-state index in [4.69, 9.17) is 12.2 Å². The minimum absolute atomic E-state index is 0.391. The summed E-state index contributed by atoms with van der Waals surface area (Å²) in [5, 5.41) is 0. The number of nitrogens with zero attached hydrogens (tertiary/aromatic N) is 2. The van der Waals surface area contributed by atoms with Gasteiger partial charge in [0.25, 0.3) is 0 Å². The van der Waals surface area contributed by atoms with Crippen LogP contribution in [0.3, 0.4) is 0 Å². The molecule has 1 aromatic rings. The molecule has 0 radical (unpaired) electrons. The van der Waals surface area contributed by atoms with Gasteiger partial charge in [0.15, 0.2) is 4.77 Å². The van der Waals surface area contributed by atoms with E-state index < -0.39 is 0 Å². The van der Waals surface area contributed by atoms with E-state index in [9.17, 15) is 0 Å². The Balaban J connectivity index is 1.66. The number of allylic oxidation sites excluding steroid dienone is 1. The van der Waals surface area contributed by atoms with Crippen LogP contribution in [0.4, 0.5) is 0 Å². The molecular weight excluding hydrogens is 290 g/mol. The van der Waals surface area contributed by atoms with E-state index in [1.807, 2.05) is 6.20 Å². The Kier molecular flexibility index (Phi) is 4.51. The van der Waals surface area contributed by atoms with Gasteiger partial charge < -0.3 is 4.98 Å². The standard InChI is InChI=1S/C18H27N3S/c1-13-5-4-8-18(2,3)15(13)6-9-21-10-7-16-14(12-21)11-19-17(22)20-16/h11H,4-10,12H2,1-3H3,(H,19,20,22). The van der Waals surface area contributed by atoms with Gasteiger partial charge in [-0.1, -0.05) is 25.0 Å². The smallest absolute Gasteiger partial charge is 0.196 e. The molecule has 0 saturated carbocycles. The van der Waals surface area contributed by atoms with Gasteiger partial charge in [0.05, 0.1) is 0 Å². The highest BCUT2D eigenvalue weighted by Gasteiger charge is 2.28. The number of nitrogens with one attached hydrogen (secondary N) is 1. The van der Waals surface area contributed by atoms with E-state index in [0.717, 1.165) is 26.1 Å². The van der Waals surface area contributed by atoms with Crippen molar-refractivity contribution in [1.29, 1.82) is 0 Å². The SMILES string of the molecule is CC1=C(CCN2CCc3[nH]c(=S)ncc3C2)C(C)(C)CCC1. The van der Waals surface area contributed by atoms with Crippen molar-refractivity contribution in [3.05, 3.63) is 33.4 Å². The van der Waals surface area contributed by atoms with E-state index in [0.29, 0.717) is 10.2 Å². The van der Waals surface area contributed by atoms with Crippen LogP contribution in [0.15, 0.2) is 17.3 Å². The van der Waals surface area contributed by atoms with Gasteiger partial charge in [-0.25, -0.2) is 4.98 Å². The highest BCUT2D eigenvalue weighted by Crippen LogP contribution is 2.41. The Labute approximate surface area is 138 Å². The zero-order valence-corrected chi connectivity index (χ0v) is 14.9. The van der Waals surface area contributed by atoms with E-state index in [1.165, 1.54) is 36.9 Å². The Morgan fingerprint density at radius 1 is 1.36 bits per heavy atom. The second-order valence-electron chi connectivity index (χ2n) is 7.46. The van der Waals surface area contributed by atoms with Gasteiger partial charge in [0.1, 0.15) is 0 Å². The van der Waals surface area contributed by atoms with Crippen molar-refractivity contribution < 1.29 is 0 Å². The fourth-order valence-electron chi connectivity index (χ4n) is 4.09. The van der Waals surface area contributed by atoms with Crippen molar-refractivity contribution in [3.63, 3.8) is 0 Å². The van der Waals surface area contributed by atoms with Gasteiger partial charge in [-0.15, -0.1) is 0 Å². The molecule has 0 unspecified atom stereocenters. The Bertz CT molecular complexity index is 642. The lowest BCUT2D eigenvalue weighted by atomic mass is 9.71.